The summed E-state index contributed by atoms with van der Waals surface area (Å²) >= 11 is 0. The Hall–Kier alpha value is -0.590. The van der Waals surface area contributed by atoms with Crippen molar-refractivity contribution < 1.29 is 4.79 Å². The van der Waals surface area contributed by atoms with E-state index < -0.39 is 0 Å². The molecule has 0 N–H and O–H groups in total. The number of Topliss-reactive ketones (excluding diaryl/α,β-unsaturated/α-hetero) is 1. The molecule has 0 fully saturated rings. The first-order valence-electron chi connectivity index (χ1n) is 4.29. The third-order valence-electron chi connectivity index (χ3n) is 2.55. The second-order valence-corrected chi connectivity index (χ2v) is 3.63. The van der Waals surface area contributed by atoms with E-state index in [0.717, 1.165) is 12.8 Å². The molecule has 2 atom stereocenters. The summed E-state index contributed by atoms with van der Waals surface area (Å²) in [6, 6.07) is 0. The van der Waals surface area contributed by atoms with Crippen LogP contribution in [0.5, 0.6) is 0 Å². The molecule has 1 aliphatic rings. The summed E-state index contributed by atoms with van der Waals surface area (Å²) < 4.78 is 0. The van der Waals surface area contributed by atoms with Crippen molar-refractivity contribution in [2.24, 2.45) is 11.8 Å². The van der Waals surface area contributed by atoms with Gasteiger partial charge < -0.3 is 0 Å². The molecule has 0 aromatic heterocycles. The molecule has 1 rings (SSSR count). The minimum atomic E-state index is 0.290. The Balaban J connectivity index is 2.68. The first-order valence-corrected chi connectivity index (χ1v) is 4.29. The minimum absolute atomic E-state index is 0.290. The number of hydrogen-bond acceptors (Lipinski definition) is 1. The lowest BCUT2D eigenvalue weighted by Crippen LogP contribution is -2.21. The molecule has 0 aliphatic heterocycles. The molecule has 0 radical (unpaired) electrons. The van der Waals surface area contributed by atoms with Gasteiger partial charge in [-0.05, 0) is 32.6 Å². The van der Waals surface area contributed by atoms with Gasteiger partial charge in [0.15, 0.2) is 0 Å². The fourth-order valence-corrected chi connectivity index (χ4v) is 1.87. The molecule has 1 heteroatoms. The van der Waals surface area contributed by atoms with Gasteiger partial charge in [-0.3, -0.25) is 4.79 Å². The maximum Gasteiger partial charge on any atom is 0.133 e. The third kappa shape index (κ3) is 1.92. The van der Waals surface area contributed by atoms with Crippen molar-refractivity contribution in [2.45, 2.75) is 33.6 Å². The van der Waals surface area contributed by atoms with Crippen LogP contribution in [0.3, 0.4) is 0 Å². The van der Waals surface area contributed by atoms with E-state index in [4.69, 9.17) is 0 Å². The normalized spacial score (nSPS) is 31.4. The van der Waals surface area contributed by atoms with Gasteiger partial charge in [-0.1, -0.05) is 18.6 Å². The number of allylic oxidation sites excluding steroid dienone is 2. The summed E-state index contributed by atoms with van der Waals surface area (Å²) in [6.07, 6.45) is 4.39. The molecule has 0 heterocycles. The fourth-order valence-electron chi connectivity index (χ4n) is 1.87. The third-order valence-corrected chi connectivity index (χ3v) is 2.55. The molecule has 0 amide bonds. The van der Waals surface area contributed by atoms with Gasteiger partial charge in [0.2, 0.25) is 0 Å². The van der Waals surface area contributed by atoms with Crippen LogP contribution < -0.4 is 0 Å². The van der Waals surface area contributed by atoms with Gasteiger partial charge in [0, 0.05) is 5.92 Å². The molecule has 2 unspecified atom stereocenters. The SMILES string of the molecule is CC(=O)C1CCC(C)=CC1C. The highest BCUT2D eigenvalue weighted by Gasteiger charge is 2.23. The molecule has 0 saturated heterocycles. The Morgan fingerprint density at radius 2 is 2.27 bits per heavy atom. The zero-order valence-corrected chi connectivity index (χ0v) is 7.55. The molecule has 1 aliphatic carbocycles. The van der Waals surface area contributed by atoms with E-state index in [1.165, 1.54) is 5.57 Å². The Morgan fingerprint density at radius 1 is 1.64 bits per heavy atom. The zero-order valence-electron chi connectivity index (χ0n) is 7.55. The van der Waals surface area contributed by atoms with Crippen LogP contribution in [0.4, 0.5) is 0 Å². The average molecular weight is 152 g/mol. The van der Waals surface area contributed by atoms with Crippen LogP contribution in [0.1, 0.15) is 33.6 Å². The van der Waals surface area contributed by atoms with Crippen molar-refractivity contribution in [2.75, 3.05) is 0 Å². The zero-order chi connectivity index (χ0) is 8.43. The van der Waals surface area contributed by atoms with Gasteiger partial charge >= 0.3 is 0 Å². The van der Waals surface area contributed by atoms with E-state index in [9.17, 15) is 4.79 Å². The van der Waals surface area contributed by atoms with Crippen molar-refractivity contribution in [3.8, 4) is 0 Å². The van der Waals surface area contributed by atoms with Crippen LogP contribution in [0, 0.1) is 11.8 Å². The smallest absolute Gasteiger partial charge is 0.133 e. The number of ketones is 1. The van der Waals surface area contributed by atoms with Crippen molar-refractivity contribution >= 4 is 5.78 Å². The monoisotopic (exact) mass is 152 g/mol. The van der Waals surface area contributed by atoms with Crippen LogP contribution in [-0.4, -0.2) is 5.78 Å². The van der Waals surface area contributed by atoms with E-state index >= 15 is 0 Å². The van der Waals surface area contributed by atoms with E-state index in [1.54, 1.807) is 6.92 Å². The first-order chi connectivity index (χ1) is 5.11. The Labute approximate surface area is 68.5 Å². The van der Waals surface area contributed by atoms with Crippen LogP contribution in [0.2, 0.25) is 0 Å². The second kappa shape index (κ2) is 3.21. The molecule has 0 aromatic carbocycles. The Kier molecular flexibility index (Phi) is 2.48. The van der Waals surface area contributed by atoms with Crippen LogP contribution in [0.25, 0.3) is 0 Å². The molecule has 0 saturated carbocycles. The number of carbonyl (C=O) groups is 1. The minimum Gasteiger partial charge on any atom is -0.300 e. The lowest BCUT2D eigenvalue weighted by atomic mass is 9.80. The molecule has 0 spiro atoms. The highest BCUT2D eigenvalue weighted by atomic mass is 16.1. The van der Waals surface area contributed by atoms with Gasteiger partial charge in [0.05, 0.1) is 0 Å². The molecule has 0 bridgehead atoms. The van der Waals surface area contributed by atoms with E-state index in [-0.39, 0.29) is 0 Å². The lowest BCUT2D eigenvalue weighted by molar-refractivity contribution is -0.122. The number of hydrogen-bond donors (Lipinski definition) is 0. The second-order valence-electron chi connectivity index (χ2n) is 3.63. The van der Waals surface area contributed by atoms with Crippen molar-refractivity contribution in [1.29, 1.82) is 0 Å². The molecule has 62 valence electrons. The Bertz CT molecular complexity index is 191. The number of rotatable bonds is 1. The maximum absolute atomic E-state index is 11.1. The summed E-state index contributed by atoms with van der Waals surface area (Å²) in [6.45, 7) is 5.98. The van der Waals surface area contributed by atoms with Crippen LogP contribution in [0.15, 0.2) is 11.6 Å². The van der Waals surface area contributed by atoms with E-state index in [1.807, 2.05) is 0 Å². The highest BCUT2D eigenvalue weighted by molar-refractivity contribution is 5.79. The van der Waals surface area contributed by atoms with Crippen molar-refractivity contribution in [3.05, 3.63) is 11.6 Å². The van der Waals surface area contributed by atoms with Gasteiger partial charge in [0.1, 0.15) is 5.78 Å². The quantitative estimate of drug-likeness (QED) is 0.528. The van der Waals surface area contributed by atoms with E-state index in [2.05, 4.69) is 19.9 Å². The first kappa shape index (κ1) is 8.51. The molecule has 11 heavy (non-hydrogen) atoms. The van der Waals surface area contributed by atoms with Gasteiger partial charge in [-0.15, -0.1) is 0 Å². The van der Waals surface area contributed by atoms with Crippen LogP contribution >= 0.6 is 0 Å². The van der Waals surface area contributed by atoms with E-state index in [0.29, 0.717) is 17.6 Å². The lowest BCUT2D eigenvalue weighted by Gasteiger charge is -2.24. The predicted octanol–water partition coefficient (Wildman–Crippen LogP) is 2.57. The van der Waals surface area contributed by atoms with Crippen LogP contribution in [-0.2, 0) is 4.79 Å². The largest absolute Gasteiger partial charge is 0.300 e. The van der Waals surface area contributed by atoms with Crippen molar-refractivity contribution in [3.63, 3.8) is 0 Å². The topological polar surface area (TPSA) is 17.1 Å². The predicted molar refractivity (Wildman–Crippen MR) is 46.3 cm³/mol. The Morgan fingerprint density at radius 3 is 2.73 bits per heavy atom. The fraction of sp³-hybridized carbons (Fsp3) is 0.700. The molecular weight excluding hydrogens is 136 g/mol. The average Bonchev–Trinajstić information content (AvgIpc) is 1.85. The molecule has 1 nitrogen and oxygen atoms in total. The summed E-state index contributed by atoms with van der Waals surface area (Å²) in [4.78, 5) is 11.1. The highest BCUT2D eigenvalue weighted by Crippen LogP contribution is 2.28. The molecular formula is C10H16O. The summed E-state index contributed by atoms with van der Waals surface area (Å²) in [5.41, 5.74) is 1.44. The standard InChI is InChI=1S/C10H16O/c1-7-4-5-10(9(3)11)8(2)6-7/h6,8,10H,4-5H2,1-3H3. The van der Waals surface area contributed by atoms with Gasteiger partial charge in [0.25, 0.3) is 0 Å². The summed E-state index contributed by atoms with van der Waals surface area (Å²) in [7, 11) is 0. The van der Waals surface area contributed by atoms with Crippen molar-refractivity contribution in [1.82, 2.24) is 0 Å². The summed E-state index contributed by atoms with van der Waals surface area (Å²) in [5.74, 6) is 1.10. The maximum atomic E-state index is 11.1. The molecule has 0 aromatic rings. The van der Waals surface area contributed by atoms with Gasteiger partial charge in [-0.25, -0.2) is 0 Å². The van der Waals surface area contributed by atoms with Gasteiger partial charge in [-0.2, -0.15) is 0 Å². The summed E-state index contributed by atoms with van der Waals surface area (Å²) in [5, 5.41) is 0. The number of carbonyl (C=O) groups excluding carboxylic acids is 1.